The van der Waals surface area contributed by atoms with E-state index >= 15 is 0 Å². The number of amides is 1. The van der Waals surface area contributed by atoms with Crippen molar-refractivity contribution in [2.45, 2.75) is 18.6 Å². The van der Waals surface area contributed by atoms with Gasteiger partial charge in [0.1, 0.15) is 5.25 Å². The SMILES string of the molecule is Cc1ccc(C=NN=C2NC(=O)C(CC(=O)O)S2)c(F)c1F. The first-order valence-corrected chi connectivity index (χ1v) is 7.01. The van der Waals surface area contributed by atoms with Gasteiger partial charge >= 0.3 is 5.97 Å². The van der Waals surface area contributed by atoms with Crippen LogP contribution in [0.5, 0.6) is 0 Å². The molecule has 1 unspecified atom stereocenters. The van der Waals surface area contributed by atoms with Gasteiger partial charge in [-0.05, 0) is 18.6 Å². The van der Waals surface area contributed by atoms with E-state index in [2.05, 4.69) is 15.5 Å². The van der Waals surface area contributed by atoms with Crippen molar-refractivity contribution in [3.8, 4) is 0 Å². The summed E-state index contributed by atoms with van der Waals surface area (Å²) in [5, 5.41) is 17.6. The normalized spacial score (nSPS) is 19.9. The third-order valence-corrected chi connectivity index (χ3v) is 3.86. The second-order valence-electron chi connectivity index (χ2n) is 4.44. The summed E-state index contributed by atoms with van der Waals surface area (Å²) in [5.74, 6) is -3.57. The summed E-state index contributed by atoms with van der Waals surface area (Å²) < 4.78 is 26.9. The molecular formula is C13H11F2N3O3S. The van der Waals surface area contributed by atoms with Crippen molar-refractivity contribution in [3.05, 3.63) is 34.9 Å². The number of carboxylic acids is 1. The van der Waals surface area contributed by atoms with E-state index in [1.807, 2.05) is 0 Å². The number of hydrogen-bond donors (Lipinski definition) is 2. The van der Waals surface area contributed by atoms with Crippen molar-refractivity contribution in [1.29, 1.82) is 0 Å². The van der Waals surface area contributed by atoms with Crippen molar-refractivity contribution < 1.29 is 23.5 Å². The first-order chi connectivity index (χ1) is 10.4. The van der Waals surface area contributed by atoms with Gasteiger partial charge in [-0.1, -0.05) is 17.8 Å². The number of carbonyl (C=O) groups excluding carboxylic acids is 1. The van der Waals surface area contributed by atoms with Crippen molar-refractivity contribution in [2.75, 3.05) is 0 Å². The van der Waals surface area contributed by atoms with Gasteiger partial charge in [-0.15, -0.1) is 5.10 Å². The number of halogens is 2. The highest BCUT2D eigenvalue weighted by Crippen LogP contribution is 2.22. The van der Waals surface area contributed by atoms with E-state index in [4.69, 9.17) is 5.11 Å². The molecule has 0 spiro atoms. The van der Waals surface area contributed by atoms with Crippen molar-refractivity contribution in [2.24, 2.45) is 10.2 Å². The topological polar surface area (TPSA) is 91.1 Å². The molecule has 1 aromatic rings. The zero-order valence-electron chi connectivity index (χ0n) is 11.3. The van der Waals surface area contributed by atoms with E-state index in [-0.39, 0.29) is 22.7 Å². The van der Waals surface area contributed by atoms with Gasteiger partial charge in [0, 0.05) is 5.56 Å². The van der Waals surface area contributed by atoms with Crippen LogP contribution >= 0.6 is 11.8 Å². The number of aliphatic carboxylic acids is 1. The third-order valence-electron chi connectivity index (χ3n) is 2.79. The Balaban J connectivity index is 2.08. The zero-order valence-corrected chi connectivity index (χ0v) is 12.2. The lowest BCUT2D eigenvalue weighted by molar-refractivity contribution is -0.138. The lowest BCUT2D eigenvalue weighted by atomic mass is 10.1. The first kappa shape index (κ1) is 16.1. The summed E-state index contributed by atoms with van der Waals surface area (Å²) in [4.78, 5) is 22.0. The molecule has 6 nitrogen and oxygen atoms in total. The monoisotopic (exact) mass is 327 g/mol. The van der Waals surface area contributed by atoms with Gasteiger partial charge in [0.25, 0.3) is 0 Å². The number of aryl methyl sites for hydroxylation is 1. The molecule has 1 aromatic carbocycles. The van der Waals surface area contributed by atoms with Crippen molar-refractivity contribution in [3.63, 3.8) is 0 Å². The number of nitrogens with zero attached hydrogens (tertiary/aromatic N) is 2. The molecule has 116 valence electrons. The summed E-state index contributed by atoms with van der Waals surface area (Å²) >= 11 is 0.919. The Bertz CT molecular complexity index is 691. The minimum absolute atomic E-state index is 0.0798. The van der Waals surface area contributed by atoms with Crippen LogP contribution in [0.4, 0.5) is 8.78 Å². The first-order valence-electron chi connectivity index (χ1n) is 6.13. The highest BCUT2D eigenvalue weighted by molar-refractivity contribution is 8.15. The molecule has 1 heterocycles. The van der Waals surface area contributed by atoms with Gasteiger partial charge in [-0.25, -0.2) is 8.78 Å². The number of nitrogens with one attached hydrogen (secondary N) is 1. The van der Waals surface area contributed by atoms with Crippen LogP contribution in [-0.2, 0) is 9.59 Å². The van der Waals surface area contributed by atoms with Crippen LogP contribution in [0.3, 0.4) is 0 Å². The van der Waals surface area contributed by atoms with Crippen LogP contribution in [0.2, 0.25) is 0 Å². The third kappa shape index (κ3) is 3.67. The Kier molecular flexibility index (Phi) is 4.86. The maximum absolute atomic E-state index is 13.6. The van der Waals surface area contributed by atoms with Gasteiger partial charge in [0.2, 0.25) is 5.91 Å². The van der Waals surface area contributed by atoms with Crippen LogP contribution in [0, 0.1) is 18.6 Å². The molecule has 9 heteroatoms. The molecule has 1 aliphatic rings. The Morgan fingerprint density at radius 3 is 2.86 bits per heavy atom. The Morgan fingerprint density at radius 2 is 2.18 bits per heavy atom. The lowest BCUT2D eigenvalue weighted by Gasteiger charge is -2.00. The van der Waals surface area contributed by atoms with Gasteiger partial charge in [-0.3, -0.25) is 9.59 Å². The molecule has 1 fully saturated rings. The summed E-state index contributed by atoms with van der Waals surface area (Å²) in [6.07, 6.45) is 0.680. The standard InChI is InChI=1S/C13H11F2N3O3S/c1-6-2-3-7(11(15)10(6)14)5-16-18-13-17-12(21)8(22-13)4-9(19)20/h2-3,5,8H,4H2,1H3,(H,19,20)(H,17,18,21). The summed E-state index contributed by atoms with van der Waals surface area (Å²) in [5.41, 5.74) is 0.0972. The van der Waals surface area contributed by atoms with Gasteiger partial charge < -0.3 is 10.4 Å². The number of hydrogen-bond acceptors (Lipinski definition) is 5. The highest BCUT2D eigenvalue weighted by atomic mass is 32.2. The van der Waals surface area contributed by atoms with E-state index in [0.717, 1.165) is 18.0 Å². The number of carbonyl (C=O) groups is 2. The number of benzene rings is 1. The van der Waals surface area contributed by atoms with Crippen LogP contribution in [0.1, 0.15) is 17.5 Å². The molecule has 0 aromatic heterocycles. The second-order valence-corrected chi connectivity index (χ2v) is 5.63. The zero-order chi connectivity index (χ0) is 16.3. The second kappa shape index (κ2) is 6.65. The lowest BCUT2D eigenvalue weighted by Crippen LogP contribution is -2.26. The van der Waals surface area contributed by atoms with Gasteiger partial charge in [0.05, 0.1) is 12.6 Å². The fourth-order valence-electron chi connectivity index (χ4n) is 1.65. The quantitative estimate of drug-likeness (QED) is 0.650. The molecule has 2 N–H and O–H groups in total. The molecular weight excluding hydrogens is 316 g/mol. The maximum atomic E-state index is 13.6. The fraction of sp³-hybridized carbons (Fsp3) is 0.231. The average Bonchev–Trinajstić information content (AvgIpc) is 2.78. The van der Waals surface area contributed by atoms with Crippen LogP contribution in [0.25, 0.3) is 0 Å². The predicted molar refractivity (Wildman–Crippen MR) is 77.9 cm³/mol. The van der Waals surface area contributed by atoms with Gasteiger partial charge in [-0.2, -0.15) is 5.10 Å². The molecule has 0 saturated carbocycles. The number of amidine groups is 1. The summed E-state index contributed by atoms with van der Waals surface area (Å²) in [6, 6.07) is 2.76. The molecule has 1 atom stereocenters. The molecule has 0 aliphatic carbocycles. The van der Waals surface area contributed by atoms with E-state index in [9.17, 15) is 18.4 Å². The minimum Gasteiger partial charge on any atom is -0.481 e. The Morgan fingerprint density at radius 1 is 1.45 bits per heavy atom. The van der Waals surface area contributed by atoms with E-state index in [1.165, 1.54) is 19.1 Å². The Labute approximate surface area is 128 Å². The maximum Gasteiger partial charge on any atom is 0.305 e. The van der Waals surface area contributed by atoms with Gasteiger partial charge in [0.15, 0.2) is 16.8 Å². The smallest absolute Gasteiger partial charge is 0.305 e. The number of thioether (sulfide) groups is 1. The molecule has 1 aliphatic heterocycles. The highest BCUT2D eigenvalue weighted by Gasteiger charge is 2.32. The van der Waals surface area contributed by atoms with E-state index in [0.29, 0.717) is 0 Å². The van der Waals surface area contributed by atoms with Crippen molar-refractivity contribution in [1.82, 2.24) is 5.32 Å². The molecule has 0 radical (unpaired) electrons. The molecule has 22 heavy (non-hydrogen) atoms. The predicted octanol–water partition coefficient (Wildman–Crippen LogP) is 1.67. The largest absolute Gasteiger partial charge is 0.481 e. The minimum atomic E-state index is -1.10. The molecule has 1 saturated heterocycles. The number of carboxylic acid groups (broad SMARTS) is 1. The molecule has 0 bridgehead atoms. The summed E-state index contributed by atoms with van der Waals surface area (Å²) in [6.45, 7) is 1.44. The van der Waals surface area contributed by atoms with E-state index < -0.39 is 28.8 Å². The van der Waals surface area contributed by atoms with E-state index in [1.54, 1.807) is 0 Å². The fourth-order valence-corrected chi connectivity index (χ4v) is 2.56. The number of rotatable bonds is 4. The van der Waals surface area contributed by atoms with Crippen LogP contribution < -0.4 is 5.32 Å². The Hall–Kier alpha value is -2.29. The van der Waals surface area contributed by atoms with Crippen molar-refractivity contribution >= 4 is 35.0 Å². The summed E-state index contributed by atoms with van der Waals surface area (Å²) in [7, 11) is 0. The van der Waals surface area contributed by atoms with Crippen LogP contribution in [0.15, 0.2) is 22.3 Å². The average molecular weight is 327 g/mol. The molecule has 2 rings (SSSR count). The molecule has 1 amide bonds. The van der Waals surface area contributed by atoms with Crippen LogP contribution in [-0.4, -0.2) is 33.6 Å².